The van der Waals surface area contributed by atoms with Crippen LogP contribution in [0.15, 0.2) is 65.1 Å². The normalized spacial score (nSPS) is 17.5. The van der Waals surface area contributed by atoms with Crippen molar-refractivity contribution in [2.45, 2.75) is 38.8 Å². The van der Waals surface area contributed by atoms with Gasteiger partial charge in [-0.25, -0.2) is 22.0 Å². The minimum Gasteiger partial charge on any atom is -0.455 e. The number of halogens is 2. The van der Waals surface area contributed by atoms with Gasteiger partial charge in [0.1, 0.15) is 29.4 Å². The van der Waals surface area contributed by atoms with Gasteiger partial charge >= 0.3 is 6.09 Å². The maximum absolute atomic E-state index is 14.0. The summed E-state index contributed by atoms with van der Waals surface area (Å²) in [7, 11) is -2.57. The smallest absolute Gasteiger partial charge is 0.410 e. The first-order valence-corrected chi connectivity index (χ1v) is 18.5. The molecule has 3 heterocycles. The van der Waals surface area contributed by atoms with Crippen LogP contribution in [-0.4, -0.2) is 93.9 Å². The van der Waals surface area contributed by atoms with E-state index in [2.05, 4.69) is 5.32 Å². The molecule has 0 aliphatic carbocycles. The number of fused-ring (bicyclic) bond motifs is 2. The molecule has 3 amide bonds. The van der Waals surface area contributed by atoms with Gasteiger partial charge in [0, 0.05) is 60.7 Å². The average Bonchev–Trinajstić information content (AvgIpc) is 3.78. The quantitative estimate of drug-likeness (QED) is 0.233. The number of carbonyl (C=O) groups is 3. The maximum Gasteiger partial charge on any atom is 0.410 e. The van der Waals surface area contributed by atoms with Gasteiger partial charge in [-0.1, -0.05) is 12.1 Å². The second-order valence-corrected chi connectivity index (χ2v) is 15.8. The predicted molar refractivity (Wildman–Crippen MR) is 189 cm³/mol. The van der Waals surface area contributed by atoms with Crippen molar-refractivity contribution in [2.24, 2.45) is 5.92 Å². The van der Waals surface area contributed by atoms with Crippen molar-refractivity contribution in [2.75, 3.05) is 50.5 Å². The summed E-state index contributed by atoms with van der Waals surface area (Å²) < 4.78 is 66.4. The molecule has 2 unspecified atom stereocenters. The fourth-order valence-electron chi connectivity index (χ4n) is 6.94. The molecule has 0 radical (unpaired) electrons. The molecule has 2 aliphatic heterocycles. The van der Waals surface area contributed by atoms with Gasteiger partial charge in [0.2, 0.25) is 10.0 Å². The summed E-state index contributed by atoms with van der Waals surface area (Å²) in [6.07, 6.45) is 1.30. The Morgan fingerprint density at radius 1 is 1.04 bits per heavy atom. The molecule has 1 N–H and O–H groups in total. The van der Waals surface area contributed by atoms with E-state index in [9.17, 15) is 31.6 Å². The zero-order valence-electron chi connectivity index (χ0n) is 29.0. The van der Waals surface area contributed by atoms with Crippen molar-refractivity contribution in [3.63, 3.8) is 0 Å². The largest absolute Gasteiger partial charge is 0.455 e. The number of ether oxygens (including phenoxy) is 1. The maximum atomic E-state index is 14.0. The lowest BCUT2D eigenvalue weighted by Crippen LogP contribution is -2.43. The van der Waals surface area contributed by atoms with Gasteiger partial charge < -0.3 is 24.3 Å². The average molecular weight is 723 g/mol. The highest BCUT2D eigenvalue weighted by Crippen LogP contribution is 2.42. The highest BCUT2D eigenvalue weighted by Gasteiger charge is 2.46. The lowest BCUT2D eigenvalue weighted by atomic mass is 9.97. The van der Waals surface area contributed by atoms with Crippen LogP contribution < -0.4 is 9.62 Å². The van der Waals surface area contributed by atoms with Crippen molar-refractivity contribution in [3.05, 3.63) is 77.6 Å². The van der Waals surface area contributed by atoms with E-state index >= 15 is 0 Å². The van der Waals surface area contributed by atoms with E-state index in [0.29, 0.717) is 47.3 Å². The summed E-state index contributed by atoms with van der Waals surface area (Å²) in [4.78, 5) is 43.6. The van der Waals surface area contributed by atoms with Crippen LogP contribution in [0.1, 0.15) is 47.9 Å². The number of nitrogens with one attached hydrogen (secondary N) is 1. The molecule has 3 aromatic carbocycles. The highest BCUT2D eigenvalue weighted by molar-refractivity contribution is 7.92. The van der Waals surface area contributed by atoms with Crippen molar-refractivity contribution in [1.82, 2.24) is 15.1 Å². The Balaban J connectivity index is 1.43. The lowest BCUT2D eigenvalue weighted by Gasteiger charge is -2.28. The number of anilines is 1. The Hall–Kier alpha value is -4.98. The second kappa shape index (κ2) is 13.6. The number of likely N-dealkylation sites (tertiary alicyclic amines) is 2. The van der Waals surface area contributed by atoms with Crippen LogP contribution in [0.25, 0.3) is 33.4 Å². The Morgan fingerprint density at radius 3 is 2.41 bits per heavy atom. The fourth-order valence-corrected chi connectivity index (χ4v) is 7.85. The number of rotatable bonds is 8. The molecule has 6 rings (SSSR count). The minimum atomic E-state index is -4.02. The third-order valence-corrected chi connectivity index (χ3v) is 10.4. The number of hydrogen-bond donors (Lipinski definition) is 1. The van der Waals surface area contributed by atoms with Crippen LogP contribution in [0.5, 0.6) is 0 Å². The minimum absolute atomic E-state index is 0.0822. The Bertz CT molecular complexity index is 2110. The summed E-state index contributed by atoms with van der Waals surface area (Å²) in [5, 5.41) is 2.93. The zero-order valence-corrected chi connectivity index (χ0v) is 29.9. The van der Waals surface area contributed by atoms with E-state index in [1.165, 1.54) is 37.4 Å². The summed E-state index contributed by atoms with van der Waals surface area (Å²) in [5.41, 5.74) is 1.19. The molecule has 0 spiro atoms. The SMILES string of the molecule is CNC(=O)c1c(-c2ccc(F)cc2)oc2cc(N(CCF)S(C)(=O)=O)c(-c3cccc(C(=O)N4CC5CCN(C(=O)OC(C)(C)C)C5C4)c3)cc12. The van der Waals surface area contributed by atoms with Gasteiger partial charge in [-0.15, -0.1) is 0 Å². The van der Waals surface area contributed by atoms with E-state index in [4.69, 9.17) is 9.15 Å². The molecule has 14 heteroatoms. The first-order valence-electron chi connectivity index (χ1n) is 16.6. The van der Waals surface area contributed by atoms with Crippen LogP contribution in [0.2, 0.25) is 0 Å². The summed E-state index contributed by atoms with van der Waals surface area (Å²) in [5.74, 6) is -1.02. The van der Waals surface area contributed by atoms with Crippen molar-refractivity contribution in [1.29, 1.82) is 0 Å². The van der Waals surface area contributed by atoms with E-state index in [1.807, 2.05) is 20.8 Å². The molecule has 1 aromatic heterocycles. The highest BCUT2D eigenvalue weighted by atomic mass is 32.2. The molecule has 270 valence electrons. The molecular formula is C37H40F2N4O7S. The molecule has 2 saturated heterocycles. The number of amides is 3. The monoisotopic (exact) mass is 722 g/mol. The Kier molecular flexibility index (Phi) is 9.57. The first kappa shape index (κ1) is 35.8. The number of nitrogens with zero attached hydrogens (tertiary/aromatic N) is 3. The summed E-state index contributed by atoms with van der Waals surface area (Å²) in [6.45, 7) is 5.29. The van der Waals surface area contributed by atoms with Crippen LogP contribution >= 0.6 is 0 Å². The van der Waals surface area contributed by atoms with Crippen LogP contribution in [-0.2, 0) is 14.8 Å². The number of carbonyl (C=O) groups excluding carboxylic acids is 3. The topological polar surface area (TPSA) is 129 Å². The Morgan fingerprint density at radius 2 is 1.76 bits per heavy atom. The molecule has 0 bridgehead atoms. The molecular weight excluding hydrogens is 682 g/mol. The molecule has 2 aliphatic rings. The number of furan rings is 1. The molecule has 2 fully saturated rings. The van der Waals surface area contributed by atoms with Gasteiger partial charge in [0.05, 0.1) is 30.1 Å². The number of hydrogen-bond acceptors (Lipinski definition) is 7. The van der Waals surface area contributed by atoms with Crippen molar-refractivity contribution < 1.29 is 40.7 Å². The lowest BCUT2D eigenvalue weighted by molar-refractivity contribution is 0.0215. The molecule has 11 nitrogen and oxygen atoms in total. The third-order valence-electron chi connectivity index (χ3n) is 9.21. The number of sulfonamides is 1. The summed E-state index contributed by atoms with van der Waals surface area (Å²) >= 11 is 0. The fraction of sp³-hybridized carbons (Fsp3) is 0.378. The van der Waals surface area contributed by atoms with Crippen molar-refractivity contribution in [3.8, 4) is 22.5 Å². The van der Waals surface area contributed by atoms with Gasteiger partial charge in [-0.3, -0.25) is 13.9 Å². The van der Waals surface area contributed by atoms with Gasteiger partial charge in [0.15, 0.2) is 0 Å². The predicted octanol–water partition coefficient (Wildman–Crippen LogP) is 6.08. The van der Waals surface area contributed by atoms with Gasteiger partial charge in [-0.05, 0) is 75.2 Å². The zero-order chi connectivity index (χ0) is 36.8. The van der Waals surface area contributed by atoms with Crippen molar-refractivity contribution >= 4 is 44.6 Å². The van der Waals surface area contributed by atoms with E-state index < -0.39 is 46.7 Å². The standard InChI is InChI=1S/C37H40F2N4O7S/c1-37(2,3)50-36(46)42-15-13-25-20-41(21-30(25)42)35(45)24-8-6-7-23(17-24)27-18-28-31(19-29(27)43(16-14-38)51(5,47)48)49-33(32(28)34(44)40-4)22-9-11-26(39)12-10-22/h6-12,17-19,25,30H,13-16,20-21H2,1-5H3,(H,40,44). The first-order chi connectivity index (χ1) is 24.1. The van der Waals surface area contributed by atoms with Gasteiger partial charge in [0.25, 0.3) is 11.8 Å². The summed E-state index contributed by atoms with van der Waals surface area (Å²) in [6, 6.07) is 14.9. The van der Waals surface area contributed by atoms with Crippen LogP contribution in [0, 0.1) is 11.7 Å². The third kappa shape index (κ3) is 7.14. The van der Waals surface area contributed by atoms with E-state index in [0.717, 1.165) is 17.0 Å². The molecule has 2 atom stereocenters. The second-order valence-electron chi connectivity index (χ2n) is 13.9. The molecule has 0 saturated carbocycles. The van der Waals surface area contributed by atoms with Crippen LogP contribution in [0.4, 0.5) is 19.3 Å². The van der Waals surface area contributed by atoms with E-state index in [1.54, 1.807) is 40.1 Å². The molecule has 4 aromatic rings. The number of alkyl halides is 1. The molecule has 51 heavy (non-hydrogen) atoms. The van der Waals surface area contributed by atoms with Gasteiger partial charge in [-0.2, -0.15) is 0 Å². The van der Waals surface area contributed by atoms with E-state index in [-0.39, 0.29) is 40.5 Å². The van der Waals surface area contributed by atoms with Crippen LogP contribution in [0.3, 0.4) is 0 Å². The number of benzene rings is 3. The Labute approximate surface area is 295 Å².